The van der Waals surface area contributed by atoms with E-state index in [0.29, 0.717) is 80.1 Å². The van der Waals surface area contributed by atoms with E-state index < -0.39 is 0 Å². The molecule has 3 rings (SSSR count). The first kappa shape index (κ1) is 29.4. The molecule has 0 atom stereocenters. The minimum Gasteiger partial charge on any atom is -0.493 e. The maximum absolute atomic E-state index is 12.0. The highest BCUT2D eigenvalue weighted by Crippen LogP contribution is 2.30. The summed E-state index contributed by atoms with van der Waals surface area (Å²) in [5.74, 6) is 1.98. The van der Waals surface area contributed by atoms with Crippen molar-refractivity contribution in [3.8, 4) is 11.5 Å². The van der Waals surface area contributed by atoms with Gasteiger partial charge in [0.05, 0.1) is 47.3 Å². The van der Waals surface area contributed by atoms with Crippen LogP contribution in [0.15, 0.2) is 48.5 Å². The fraction of sp³-hybridized carbons (Fsp3) is 0.385. The summed E-state index contributed by atoms with van der Waals surface area (Å²) >= 11 is 0. The Kier molecular flexibility index (Phi) is 12.5. The van der Waals surface area contributed by atoms with Gasteiger partial charge in [-0.3, -0.25) is 4.79 Å². The van der Waals surface area contributed by atoms with E-state index in [4.69, 9.17) is 24.1 Å². The first-order valence-electron chi connectivity index (χ1n) is 12.5. The number of nitrogens with one attached hydrogen (secondary N) is 4. The molecule has 0 bridgehead atoms. The maximum Gasteiger partial charge on any atom is 0.251 e. The Morgan fingerprint density at radius 2 is 1.41 bits per heavy atom. The van der Waals surface area contributed by atoms with Crippen LogP contribution in [-0.4, -0.2) is 92.9 Å². The van der Waals surface area contributed by atoms with Crippen molar-refractivity contribution < 1.29 is 28.8 Å². The van der Waals surface area contributed by atoms with Crippen LogP contribution in [0.25, 0.3) is 0 Å². The molecule has 2 aromatic carbocycles. The molecule has 210 valence electrons. The van der Waals surface area contributed by atoms with E-state index in [2.05, 4.69) is 36.2 Å². The summed E-state index contributed by atoms with van der Waals surface area (Å²) in [5.41, 5.74) is 1.31. The molecule has 5 N–H and O–H groups in total. The van der Waals surface area contributed by atoms with Gasteiger partial charge in [0.2, 0.25) is 17.8 Å². The predicted molar refractivity (Wildman–Crippen MR) is 147 cm³/mol. The third kappa shape index (κ3) is 10.2. The average molecular weight is 542 g/mol. The molecule has 13 nitrogen and oxygen atoms in total. The van der Waals surface area contributed by atoms with Crippen molar-refractivity contribution in [2.24, 2.45) is 0 Å². The lowest BCUT2D eigenvalue weighted by atomic mass is 10.2. The second-order valence-electron chi connectivity index (χ2n) is 7.92. The molecule has 0 radical (unpaired) electrons. The van der Waals surface area contributed by atoms with Crippen molar-refractivity contribution >= 4 is 29.4 Å². The van der Waals surface area contributed by atoms with E-state index in [1.165, 1.54) is 0 Å². The van der Waals surface area contributed by atoms with Gasteiger partial charge < -0.3 is 45.3 Å². The number of ether oxygens (including phenoxy) is 4. The second-order valence-corrected chi connectivity index (χ2v) is 7.92. The smallest absolute Gasteiger partial charge is 0.251 e. The van der Waals surface area contributed by atoms with Crippen molar-refractivity contribution in [1.82, 2.24) is 20.3 Å². The standard InChI is InChI=1S/C26H35N7O6/c1-36-21-9-8-20(18-22(21)37-2)30-26-32-24(28-10-13-34)31-25(33-26)29-12-15-39-17-16-38-14-11-27-23(35)19-6-4-3-5-7-19/h3-9,18,34H,10-17H2,1-2H3,(H,27,35)(H3,28,29,30,31,32,33). The zero-order valence-corrected chi connectivity index (χ0v) is 22.1. The summed E-state index contributed by atoms with van der Waals surface area (Å²) in [7, 11) is 3.13. The Morgan fingerprint density at radius 3 is 2.08 bits per heavy atom. The van der Waals surface area contributed by atoms with Gasteiger partial charge >= 0.3 is 0 Å². The number of aromatic nitrogens is 3. The van der Waals surface area contributed by atoms with Crippen LogP contribution >= 0.6 is 0 Å². The number of carbonyl (C=O) groups excluding carboxylic acids is 1. The van der Waals surface area contributed by atoms with Gasteiger partial charge in [-0.15, -0.1) is 0 Å². The molecule has 0 aliphatic carbocycles. The van der Waals surface area contributed by atoms with Crippen molar-refractivity contribution in [1.29, 1.82) is 0 Å². The Hall–Kier alpha value is -4.20. The van der Waals surface area contributed by atoms with E-state index in [1.807, 2.05) is 24.3 Å². The van der Waals surface area contributed by atoms with Crippen LogP contribution < -0.4 is 30.7 Å². The molecule has 0 unspecified atom stereocenters. The van der Waals surface area contributed by atoms with Crippen LogP contribution in [0.5, 0.6) is 11.5 Å². The lowest BCUT2D eigenvalue weighted by molar-refractivity contribution is 0.0519. The minimum absolute atomic E-state index is 0.0673. The average Bonchev–Trinajstić information content (AvgIpc) is 2.97. The summed E-state index contributed by atoms with van der Waals surface area (Å²) in [6.07, 6.45) is 0. The molecule has 1 amide bonds. The fourth-order valence-electron chi connectivity index (χ4n) is 3.29. The summed E-state index contributed by atoms with van der Waals surface area (Å²) in [4.78, 5) is 25.0. The summed E-state index contributed by atoms with van der Waals surface area (Å²) in [6, 6.07) is 14.4. The summed E-state index contributed by atoms with van der Waals surface area (Å²) in [5, 5.41) is 21.1. The highest BCUT2D eigenvalue weighted by molar-refractivity contribution is 5.94. The summed E-state index contributed by atoms with van der Waals surface area (Å²) in [6.45, 7) is 2.69. The van der Waals surface area contributed by atoms with Gasteiger partial charge in [0.25, 0.3) is 5.91 Å². The number of anilines is 4. The number of rotatable bonds is 18. The highest BCUT2D eigenvalue weighted by atomic mass is 16.5. The first-order valence-corrected chi connectivity index (χ1v) is 12.5. The molecule has 13 heteroatoms. The molecule has 0 saturated heterocycles. The number of benzene rings is 2. The van der Waals surface area contributed by atoms with Crippen LogP contribution in [0.4, 0.5) is 23.5 Å². The molecule has 1 heterocycles. The van der Waals surface area contributed by atoms with E-state index in [1.54, 1.807) is 38.5 Å². The van der Waals surface area contributed by atoms with E-state index >= 15 is 0 Å². The largest absolute Gasteiger partial charge is 0.493 e. The SMILES string of the molecule is COc1ccc(Nc2nc(NCCO)nc(NCCOCCOCCNC(=O)c3ccccc3)n2)cc1OC. The van der Waals surface area contributed by atoms with Gasteiger partial charge in [0.15, 0.2) is 11.5 Å². The van der Waals surface area contributed by atoms with Crippen molar-refractivity contribution in [2.75, 3.05) is 82.8 Å². The Morgan fingerprint density at radius 1 is 0.769 bits per heavy atom. The molecular weight excluding hydrogens is 506 g/mol. The van der Waals surface area contributed by atoms with Gasteiger partial charge in [-0.1, -0.05) is 18.2 Å². The van der Waals surface area contributed by atoms with Crippen molar-refractivity contribution in [3.63, 3.8) is 0 Å². The highest BCUT2D eigenvalue weighted by Gasteiger charge is 2.10. The molecule has 39 heavy (non-hydrogen) atoms. The van der Waals surface area contributed by atoms with Crippen LogP contribution in [0.3, 0.4) is 0 Å². The van der Waals surface area contributed by atoms with E-state index in [-0.39, 0.29) is 19.1 Å². The maximum atomic E-state index is 12.0. The van der Waals surface area contributed by atoms with Gasteiger partial charge in [-0.2, -0.15) is 15.0 Å². The lowest BCUT2D eigenvalue weighted by Gasteiger charge is -2.13. The monoisotopic (exact) mass is 541 g/mol. The topological polar surface area (TPSA) is 161 Å². The number of hydrogen-bond donors (Lipinski definition) is 5. The van der Waals surface area contributed by atoms with Gasteiger partial charge in [0, 0.05) is 37.0 Å². The number of amides is 1. The number of aliphatic hydroxyl groups excluding tert-OH is 1. The van der Waals surface area contributed by atoms with E-state index in [9.17, 15) is 4.79 Å². The minimum atomic E-state index is -0.128. The molecule has 0 saturated carbocycles. The Bertz CT molecular complexity index is 1150. The third-order valence-corrected chi connectivity index (χ3v) is 5.14. The molecule has 0 aliphatic rings. The van der Waals surface area contributed by atoms with Gasteiger partial charge in [0.1, 0.15) is 0 Å². The molecular formula is C26H35N7O6. The summed E-state index contributed by atoms with van der Waals surface area (Å²) < 4.78 is 21.7. The van der Waals surface area contributed by atoms with Crippen molar-refractivity contribution in [3.05, 3.63) is 54.1 Å². The molecule has 0 spiro atoms. The number of hydrogen-bond acceptors (Lipinski definition) is 12. The number of aliphatic hydroxyl groups is 1. The van der Waals surface area contributed by atoms with Gasteiger partial charge in [-0.25, -0.2) is 0 Å². The fourth-order valence-corrected chi connectivity index (χ4v) is 3.29. The van der Waals surface area contributed by atoms with Crippen LogP contribution in [0.1, 0.15) is 10.4 Å². The molecule has 1 aromatic heterocycles. The van der Waals surface area contributed by atoms with Gasteiger partial charge in [-0.05, 0) is 24.3 Å². The Balaban J connectivity index is 1.39. The zero-order chi connectivity index (χ0) is 27.7. The van der Waals surface area contributed by atoms with Crippen molar-refractivity contribution in [2.45, 2.75) is 0 Å². The second kappa shape index (κ2) is 16.6. The van der Waals surface area contributed by atoms with Crippen LogP contribution in [0, 0.1) is 0 Å². The third-order valence-electron chi connectivity index (χ3n) is 5.14. The number of carbonyl (C=O) groups is 1. The normalized spacial score (nSPS) is 10.5. The number of nitrogens with zero attached hydrogens (tertiary/aromatic N) is 3. The predicted octanol–water partition coefficient (Wildman–Crippen LogP) is 1.91. The molecule has 3 aromatic rings. The first-order chi connectivity index (χ1) is 19.1. The van der Waals surface area contributed by atoms with Crippen LogP contribution in [-0.2, 0) is 9.47 Å². The van der Waals surface area contributed by atoms with Crippen LogP contribution in [0.2, 0.25) is 0 Å². The molecule has 0 aliphatic heterocycles. The zero-order valence-electron chi connectivity index (χ0n) is 22.1. The van der Waals surface area contributed by atoms with E-state index in [0.717, 1.165) is 0 Å². The quantitative estimate of drug-likeness (QED) is 0.149. The number of methoxy groups -OCH3 is 2. The molecule has 0 fully saturated rings. The Labute approximate surface area is 227 Å². The lowest BCUT2D eigenvalue weighted by Crippen LogP contribution is -2.27.